The lowest BCUT2D eigenvalue weighted by molar-refractivity contribution is -0.131. The first kappa shape index (κ1) is 17.3. The van der Waals surface area contributed by atoms with Crippen LogP contribution in [0.25, 0.3) is 0 Å². The Morgan fingerprint density at radius 1 is 1.22 bits per heavy atom. The molecule has 1 heterocycles. The first-order valence-corrected chi connectivity index (χ1v) is 8.36. The Labute approximate surface area is 138 Å². The molecule has 1 N–H and O–H groups in total. The minimum atomic E-state index is 0.0334. The third-order valence-electron chi connectivity index (χ3n) is 4.13. The molecule has 5 nitrogen and oxygen atoms in total. The monoisotopic (exact) mass is 318 g/mol. The fourth-order valence-electron chi connectivity index (χ4n) is 2.76. The summed E-state index contributed by atoms with van der Waals surface area (Å²) in [6, 6.07) is 7.57. The summed E-state index contributed by atoms with van der Waals surface area (Å²) in [5, 5.41) is 2.91. The molecule has 23 heavy (non-hydrogen) atoms. The largest absolute Gasteiger partial charge is 0.497 e. The zero-order chi connectivity index (χ0) is 16.5. The van der Waals surface area contributed by atoms with Gasteiger partial charge in [-0.05, 0) is 30.5 Å². The maximum Gasteiger partial charge on any atom is 0.227 e. The Hall–Kier alpha value is -2.04. The number of ether oxygens (including phenoxy) is 1. The number of benzene rings is 1. The zero-order valence-corrected chi connectivity index (χ0v) is 13.8. The van der Waals surface area contributed by atoms with Gasteiger partial charge in [-0.25, -0.2) is 0 Å². The third-order valence-corrected chi connectivity index (χ3v) is 4.13. The van der Waals surface area contributed by atoms with Crippen molar-refractivity contribution in [2.45, 2.75) is 38.5 Å². The molecule has 1 saturated heterocycles. The molecule has 0 atom stereocenters. The van der Waals surface area contributed by atoms with E-state index >= 15 is 0 Å². The van der Waals surface area contributed by atoms with E-state index in [0.29, 0.717) is 19.4 Å². The Morgan fingerprint density at radius 3 is 2.87 bits per heavy atom. The molecule has 2 amide bonds. The third kappa shape index (κ3) is 5.93. The van der Waals surface area contributed by atoms with Crippen LogP contribution in [0.2, 0.25) is 0 Å². The first-order chi connectivity index (χ1) is 11.2. The topological polar surface area (TPSA) is 58.6 Å². The molecule has 0 radical (unpaired) electrons. The SMILES string of the molecule is COc1cccc(CC(=O)N2CCCCCCNC(=O)CC2)c1. The lowest BCUT2D eigenvalue weighted by atomic mass is 10.1. The van der Waals surface area contributed by atoms with Crippen molar-refractivity contribution >= 4 is 11.8 Å². The zero-order valence-electron chi connectivity index (χ0n) is 13.8. The van der Waals surface area contributed by atoms with Crippen molar-refractivity contribution in [3.63, 3.8) is 0 Å². The van der Waals surface area contributed by atoms with Crippen molar-refractivity contribution in [1.82, 2.24) is 10.2 Å². The van der Waals surface area contributed by atoms with Crippen LogP contribution in [0.1, 0.15) is 37.7 Å². The summed E-state index contributed by atoms with van der Waals surface area (Å²) in [6.45, 7) is 1.97. The average molecular weight is 318 g/mol. The van der Waals surface area contributed by atoms with Crippen molar-refractivity contribution < 1.29 is 14.3 Å². The number of rotatable bonds is 3. The fourth-order valence-corrected chi connectivity index (χ4v) is 2.76. The Morgan fingerprint density at radius 2 is 2.04 bits per heavy atom. The Balaban J connectivity index is 1.97. The van der Waals surface area contributed by atoms with Crippen molar-refractivity contribution in [3.05, 3.63) is 29.8 Å². The second-order valence-electron chi connectivity index (χ2n) is 5.92. The van der Waals surface area contributed by atoms with Gasteiger partial charge in [-0.1, -0.05) is 25.0 Å². The standard InChI is InChI=1S/C18H26N2O3/c1-23-16-8-6-7-15(13-16)14-18(22)20-11-5-3-2-4-10-19-17(21)9-12-20/h6-8,13H,2-5,9-12,14H2,1H3,(H,19,21). The fraction of sp³-hybridized carbons (Fsp3) is 0.556. The van der Waals surface area contributed by atoms with E-state index in [9.17, 15) is 9.59 Å². The molecule has 1 aromatic rings. The van der Waals surface area contributed by atoms with Gasteiger partial charge in [-0.15, -0.1) is 0 Å². The van der Waals surface area contributed by atoms with Gasteiger partial charge in [0.05, 0.1) is 13.5 Å². The number of hydrogen-bond acceptors (Lipinski definition) is 3. The van der Waals surface area contributed by atoms with Crippen LogP contribution in [0.5, 0.6) is 5.75 Å². The highest BCUT2D eigenvalue weighted by molar-refractivity contribution is 5.80. The molecule has 0 bridgehead atoms. The maximum atomic E-state index is 12.6. The van der Waals surface area contributed by atoms with Crippen molar-refractivity contribution in [2.24, 2.45) is 0 Å². The number of carbonyl (C=O) groups is 2. The molecule has 1 fully saturated rings. The van der Waals surface area contributed by atoms with Crippen LogP contribution in [0.4, 0.5) is 0 Å². The summed E-state index contributed by atoms with van der Waals surface area (Å²) >= 11 is 0. The van der Waals surface area contributed by atoms with E-state index in [2.05, 4.69) is 5.32 Å². The summed E-state index contributed by atoms with van der Waals surface area (Å²) in [5.41, 5.74) is 0.938. The number of hydrogen-bond donors (Lipinski definition) is 1. The highest BCUT2D eigenvalue weighted by Crippen LogP contribution is 2.14. The molecule has 1 aliphatic heterocycles. The highest BCUT2D eigenvalue weighted by atomic mass is 16.5. The summed E-state index contributed by atoms with van der Waals surface area (Å²) < 4.78 is 5.20. The number of nitrogens with one attached hydrogen (secondary N) is 1. The van der Waals surface area contributed by atoms with Gasteiger partial charge in [0.2, 0.25) is 11.8 Å². The van der Waals surface area contributed by atoms with Crippen molar-refractivity contribution in [3.8, 4) is 5.75 Å². The van der Waals surface area contributed by atoms with Crippen LogP contribution < -0.4 is 10.1 Å². The predicted octanol–water partition coefficient (Wildman–Crippen LogP) is 2.15. The number of carbonyl (C=O) groups excluding carboxylic acids is 2. The van der Waals surface area contributed by atoms with Gasteiger partial charge in [0.15, 0.2) is 0 Å². The summed E-state index contributed by atoms with van der Waals surface area (Å²) in [4.78, 5) is 26.2. The van der Waals surface area contributed by atoms with Crippen molar-refractivity contribution in [1.29, 1.82) is 0 Å². The lowest BCUT2D eigenvalue weighted by Gasteiger charge is -2.22. The quantitative estimate of drug-likeness (QED) is 0.929. The van der Waals surface area contributed by atoms with E-state index in [1.807, 2.05) is 29.2 Å². The Kier molecular flexibility index (Phi) is 6.91. The molecule has 1 aliphatic rings. The molecule has 1 aromatic carbocycles. The van der Waals surface area contributed by atoms with E-state index in [1.165, 1.54) is 0 Å². The summed E-state index contributed by atoms with van der Waals surface area (Å²) in [7, 11) is 1.62. The molecular weight excluding hydrogens is 292 g/mol. The van der Waals surface area contributed by atoms with E-state index in [-0.39, 0.29) is 11.8 Å². The van der Waals surface area contributed by atoms with E-state index < -0.39 is 0 Å². The van der Waals surface area contributed by atoms with Crippen LogP contribution in [-0.4, -0.2) is 43.5 Å². The molecular formula is C18H26N2O3. The van der Waals surface area contributed by atoms with Gasteiger partial charge < -0.3 is 15.0 Å². The molecule has 0 saturated carbocycles. The minimum absolute atomic E-state index is 0.0334. The highest BCUT2D eigenvalue weighted by Gasteiger charge is 2.16. The molecule has 0 aromatic heterocycles. The minimum Gasteiger partial charge on any atom is -0.497 e. The second-order valence-corrected chi connectivity index (χ2v) is 5.92. The van der Waals surface area contributed by atoms with Gasteiger partial charge in [-0.3, -0.25) is 9.59 Å². The Bertz CT molecular complexity index is 531. The van der Waals surface area contributed by atoms with Crippen LogP contribution in [0, 0.1) is 0 Å². The summed E-state index contributed by atoms with van der Waals surface area (Å²) in [5.74, 6) is 0.864. The van der Waals surface area contributed by atoms with Crippen LogP contribution >= 0.6 is 0 Å². The maximum absolute atomic E-state index is 12.6. The van der Waals surface area contributed by atoms with Crippen LogP contribution in [0.3, 0.4) is 0 Å². The van der Waals surface area contributed by atoms with Gasteiger partial charge in [0.25, 0.3) is 0 Å². The molecule has 5 heteroatoms. The van der Waals surface area contributed by atoms with E-state index in [4.69, 9.17) is 4.74 Å². The van der Waals surface area contributed by atoms with Crippen molar-refractivity contribution in [2.75, 3.05) is 26.7 Å². The predicted molar refractivity (Wildman–Crippen MR) is 89.4 cm³/mol. The second kappa shape index (κ2) is 9.18. The molecule has 2 rings (SSSR count). The lowest BCUT2D eigenvalue weighted by Crippen LogP contribution is -2.36. The molecule has 0 unspecified atom stereocenters. The number of methoxy groups -OCH3 is 1. The van der Waals surface area contributed by atoms with Gasteiger partial charge in [0.1, 0.15) is 5.75 Å². The summed E-state index contributed by atoms with van der Waals surface area (Å²) in [6.07, 6.45) is 4.93. The normalized spacial score (nSPS) is 17.1. The average Bonchev–Trinajstić information content (AvgIpc) is 2.60. The van der Waals surface area contributed by atoms with E-state index in [0.717, 1.165) is 50.1 Å². The molecule has 126 valence electrons. The van der Waals surface area contributed by atoms with Gasteiger partial charge in [-0.2, -0.15) is 0 Å². The van der Waals surface area contributed by atoms with Gasteiger partial charge >= 0.3 is 0 Å². The number of amides is 2. The van der Waals surface area contributed by atoms with E-state index in [1.54, 1.807) is 7.11 Å². The smallest absolute Gasteiger partial charge is 0.227 e. The number of nitrogens with zero attached hydrogens (tertiary/aromatic N) is 1. The molecule has 0 spiro atoms. The van der Waals surface area contributed by atoms with Crippen LogP contribution in [-0.2, 0) is 16.0 Å². The molecule has 0 aliphatic carbocycles. The first-order valence-electron chi connectivity index (χ1n) is 8.36. The van der Waals surface area contributed by atoms with Crippen LogP contribution in [0.15, 0.2) is 24.3 Å². The van der Waals surface area contributed by atoms with Gasteiger partial charge in [0, 0.05) is 26.1 Å².